The number of hydrogen-bond donors (Lipinski definition) is 3. The average molecular weight is 145 g/mol. The summed E-state index contributed by atoms with van der Waals surface area (Å²) in [4.78, 5) is 0. The Balaban J connectivity index is 4.49. The fourth-order valence-electron chi connectivity index (χ4n) is 0.605. The van der Waals surface area contributed by atoms with E-state index in [-0.39, 0.29) is 5.76 Å². The molecule has 0 amide bonds. The molecular formula is C7H15NO2. The van der Waals surface area contributed by atoms with Gasteiger partial charge in [0.15, 0.2) is 5.72 Å². The van der Waals surface area contributed by atoms with Crippen LogP contribution in [0.1, 0.15) is 20.8 Å². The highest BCUT2D eigenvalue weighted by atomic mass is 16.3. The first-order valence-corrected chi connectivity index (χ1v) is 3.20. The van der Waals surface area contributed by atoms with E-state index in [0.29, 0.717) is 5.57 Å². The summed E-state index contributed by atoms with van der Waals surface area (Å²) in [6, 6.07) is 0. The molecule has 0 aromatic rings. The lowest BCUT2D eigenvalue weighted by Gasteiger charge is -2.22. The Kier molecular flexibility index (Phi) is 2.87. The summed E-state index contributed by atoms with van der Waals surface area (Å²) < 4.78 is 0. The molecular weight excluding hydrogens is 130 g/mol. The molecule has 0 aliphatic rings. The van der Waals surface area contributed by atoms with Crippen LogP contribution in [-0.2, 0) is 0 Å². The van der Waals surface area contributed by atoms with Crippen molar-refractivity contribution in [3.63, 3.8) is 0 Å². The zero-order valence-electron chi connectivity index (χ0n) is 6.89. The molecule has 0 spiro atoms. The minimum atomic E-state index is -1.29. The fourth-order valence-corrected chi connectivity index (χ4v) is 0.605. The molecule has 1 unspecified atom stereocenters. The van der Waals surface area contributed by atoms with Crippen molar-refractivity contribution in [2.45, 2.75) is 26.5 Å². The van der Waals surface area contributed by atoms with Gasteiger partial charge in [-0.3, -0.25) is 5.32 Å². The monoisotopic (exact) mass is 145 g/mol. The van der Waals surface area contributed by atoms with Crippen LogP contribution in [0.3, 0.4) is 0 Å². The molecule has 0 saturated heterocycles. The van der Waals surface area contributed by atoms with Gasteiger partial charge in [0.2, 0.25) is 0 Å². The first-order valence-electron chi connectivity index (χ1n) is 3.20. The van der Waals surface area contributed by atoms with E-state index in [1.165, 1.54) is 6.92 Å². The summed E-state index contributed by atoms with van der Waals surface area (Å²) in [5.74, 6) is -0.0185. The lowest BCUT2D eigenvalue weighted by molar-refractivity contribution is 0.0263. The van der Waals surface area contributed by atoms with Crippen molar-refractivity contribution in [1.29, 1.82) is 0 Å². The van der Waals surface area contributed by atoms with Crippen LogP contribution in [0.2, 0.25) is 0 Å². The first-order chi connectivity index (χ1) is 4.41. The van der Waals surface area contributed by atoms with Gasteiger partial charge in [-0.25, -0.2) is 0 Å². The zero-order chi connectivity index (χ0) is 8.36. The van der Waals surface area contributed by atoms with Gasteiger partial charge < -0.3 is 10.2 Å². The van der Waals surface area contributed by atoms with Crippen LogP contribution in [0, 0.1) is 0 Å². The maximum absolute atomic E-state index is 9.34. The van der Waals surface area contributed by atoms with E-state index < -0.39 is 5.72 Å². The summed E-state index contributed by atoms with van der Waals surface area (Å²) in [6.45, 7) is 4.97. The molecule has 10 heavy (non-hydrogen) atoms. The number of hydrogen-bond acceptors (Lipinski definition) is 3. The number of rotatable bonds is 2. The number of aliphatic hydroxyl groups is 2. The Hall–Kier alpha value is -0.540. The molecule has 0 radical (unpaired) electrons. The second-order valence-electron chi connectivity index (χ2n) is 2.67. The molecule has 0 saturated carbocycles. The number of likely N-dealkylation sites (N-methyl/N-ethyl adjacent to an activating group) is 1. The number of nitrogens with one attached hydrogen (secondary N) is 1. The van der Waals surface area contributed by atoms with Crippen molar-refractivity contribution in [2.24, 2.45) is 0 Å². The van der Waals surface area contributed by atoms with Crippen LogP contribution >= 0.6 is 0 Å². The molecule has 0 bridgehead atoms. The van der Waals surface area contributed by atoms with Crippen LogP contribution in [-0.4, -0.2) is 23.0 Å². The highest BCUT2D eigenvalue weighted by Gasteiger charge is 2.23. The van der Waals surface area contributed by atoms with Gasteiger partial charge in [-0.1, -0.05) is 0 Å². The molecule has 0 aliphatic carbocycles. The number of allylic oxidation sites excluding steroid dienone is 1. The summed E-state index contributed by atoms with van der Waals surface area (Å²) in [5.41, 5.74) is -0.585. The third kappa shape index (κ3) is 2.01. The maximum atomic E-state index is 9.34. The van der Waals surface area contributed by atoms with Crippen LogP contribution in [0.25, 0.3) is 0 Å². The molecule has 0 heterocycles. The van der Waals surface area contributed by atoms with Gasteiger partial charge in [0.05, 0.1) is 0 Å². The molecule has 60 valence electrons. The van der Waals surface area contributed by atoms with E-state index >= 15 is 0 Å². The van der Waals surface area contributed by atoms with Crippen molar-refractivity contribution < 1.29 is 10.2 Å². The Morgan fingerprint density at radius 2 is 1.80 bits per heavy atom. The number of aliphatic hydroxyl groups excluding tert-OH is 1. The van der Waals surface area contributed by atoms with Crippen molar-refractivity contribution in [1.82, 2.24) is 5.32 Å². The van der Waals surface area contributed by atoms with Gasteiger partial charge in [-0.05, 0) is 33.4 Å². The van der Waals surface area contributed by atoms with E-state index in [4.69, 9.17) is 0 Å². The molecule has 3 N–H and O–H groups in total. The SMILES string of the molecule is CNC(C)(O)C(O)=C(C)C. The molecule has 0 rings (SSSR count). The van der Waals surface area contributed by atoms with Gasteiger partial charge in [0.1, 0.15) is 5.76 Å². The van der Waals surface area contributed by atoms with E-state index in [2.05, 4.69) is 5.32 Å². The predicted molar refractivity (Wildman–Crippen MR) is 40.7 cm³/mol. The van der Waals surface area contributed by atoms with Crippen molar-refractivity contribution in [3.8, 4) is 0 Å². The molecule has 0 aromatic heterocycles. The normalized spacial score (nSPS) is 16.1. The Labute approximate surface area is 61.4 Å². The standard InChI is InChI=1S/C7H15NO2/c1-5(2)6(9)7(3,10)8-4/h8-10H,1-4H3. The van der Waals surface area contributed by atoms with Crippen LogP contribution < -0.4 is 5.32 Å². The van der Waals surface area contributed by atoms with Gasteiger partial charge in [-0.2, -0.15) is 0 Å². The van der Waals surface area contributed by atoms with Crippen molar-refractivity contribution in [3.05, 3.63) is 11.3 Å². The average Bonchev–Trinajstić information content (AvgIpc) is 1.86. The summed E-state index contributed by atoms with van der Waals surface area (Å²) in [7, 11) is 1.58. The Bertz CT molecular complexity index is 146. The van der Waals surface area contributed by atoms with E-state index in [1.807, 2.05) is 0 Å². The molecule has 0 aliphatic heterocycles. The second kappa shape index (κ2) is 3.03. The summed E-state index contributed by atoms with van der Waals surface area (Å²) in [5, 5.41) is 21.1. The third-order valence-electron chi connectivity index (χ3n) is 1.42. The molecule has 3 heteroatoms. The molecule has 0 aromatic carbocycles. The second-order valence-corrected chi connectivity index (χ2v) is 2.67. The van der Waals surface area contributed by atoms with Gasteiger partial charge in [-0.15, -0.1) is 0 Å². The Morgan fingerprint density at radius 1 is 1.40 bits per heavy atom. The maximum Gasteiger partial charge on any atom is 0.170 e. The van der Waals surface area contributed by atoms with Crippen LogP contribution in [0.15, 0.2) is 11.3 Å². The van der Waals surface area contributed by atoms with Crippen LogP contribution in [0.5, 0.6) is 0 Å². The van der Waals surface area contributed by atoms with Crippen molar-refractivity contribution >= 4 is 0 Å². The van der Waals surface area contributed by atoms with Gasteiger partial charge >= 0.3 is 0 Å². The molecule has 0 fully saturated rings. The third-order valence-corrected chi connectivity index (χ3v) is 1.42. The topological polar surface area (TPSA) is 52.5 Å². The lowest BCUT2D eigenvalue weighted by Crippen LogP contribution is -2.41. The molecule has 1 atom stereocenters. The highest BCUT2D eigenvalue weighted by molar-refractivity contribution is 5.10. The molecule has 3 nitrogen and oxygen atoms in total. The van der Waals surface area contributed by atoms with Crippen LogP contribution in [0.4, 0.5) is 0 Å². The van der Waals surface area contributed by atoms with E-state index in [0.717, 1.165) is 0 Å². The van der Waals surface area contributed by atoms with Crippen molar-refractivity contribution in [2.75, 3.05) is 7.05 Å². The minimum absolute atomic E-state index is 0.0185. The van der Waals surface area contributed by atoms with Gasteiger partial charge in [0, 0.05) is 0 Å². The van der Waals surface area contributed by atoms with E-state index in [1.54, 1.807) is 20.9 Å². The zero-order valence-corrected chi connectivity index (χ0v) is 6.89. The summed E-state index contributed by atoms with van der Waals surface area (Å²) in [6.07, 6.45) is 0. The largest absolute Gasteiger partial charge is 0.508 e. The highest BCUT2D eigenvalue weighted by Crippen LogP contribution is 2.12. The smallest absolute Gasteiger partial charge is 0.170 e. The fraction of sp³-hybridized carbons (Fsp3) is 0.714. The summed E-state index contributed by atoms with van der Waals surface area (Å²) >= 11 is 0. The van der Waals surface area contributed by atoms with Gasteiger partial charge in [0.25, 0.3) is 0 Å². The lowest BCUT2D eigenvalue weighted by atomic mass is 10.1. The predicted octanol–water partition coefficient (Wildman–Crippen LogP) is 0.766. The Morgan fingerprint density at radius 3 is 1.90 bits per heavy atom. The first kappa shape index (κ1) is 9.46. The van der Waals surface area contributed by atoms with E-state index in [9.17, 15) is 10.2 Å². The quantitative estimate of drug-likeness (QED) is 0.397. The minimum Gasteiger partial charge on any atom is -0.508 e.